The molecule has 0 bridgehead atoms. The molecule has 2 fully saturated rings. The summed E-state index contributed by atoms with van der Waals surface area (Å²) in [5.41, 5.74) is 1.03. The smallest absolute Gasteiger partial charge is 0.410 e. The van der Waals surface area contributed by atoms with Crippen molar-refractivity contribution < 1.29 is 19.0 Å². The Morgan fingerprint density at radius 2 is 1.37 bits per heavy atom. The van der Waals surface area contributed by atoms with Gasteiger partial charge >= 0.3 is 6.09 Å². The highest BCUT2D eigenvalue weighted by Gasteiger charge is 2.31. The molecule has 1 amide bonds. The van der Waals surface area contributed by atoms with Crippen molar-refractivity contribution in [2.45, 2.75) is 123 Å². The molecule has 0 saturated heterocycles. The Balaban J connectivity index is 0.000000308. The van der Waals surface area contributed by atoms with E-state index in [1.165, 1.54) is 44.9 Å². The van der Waals surface area contributed by atoms with Gasteiger partial charge in [-0.05, 0) is 95.5 Å². The second kappa shape index (κ2) is 18.6. The average molecular weight is 533 g/mol. The highest BCUT2D eigenvalue weighted by Crippen LogP contribution is 2.31. The van der Waals surface area contributed by atoms with E-state index in [2.05, 4.69) is 33.0 Å². The lowest BCUT2D eigenvalue weighted by molar-refractivity contribution is 0.0510. The highest BCUT2D eigenvalue weighted by molar-refractivity contribution is 5.68. The SMILES string of the molecule is COCCC1CCC(N(C(=O)OCc2ccccc2)C(C)C)CC1.COCCC1CCC(NC(C)C)CC1. The van der Waals surface area contributed by atoms with Gasteiger partial charge < -0.3 is 24.4 Å². The highest BCUT2D eigenvalue weighted by atomic mass is 16.6. The van der Waals surface area contributed by atoms with Gasteiger partial charge in [-0.1, -0.05) is 44.2 Å². The summed E-state index contributed by atoms with van der Waals surface area (Å²) in [5.74, 6) is 1.65. The lowest BCUT2D eigenvalue weighted by atomic mass is 9.83. The molecular weight excluding hydrogens is 476 g/mol. The minimum absolute atomic E-state index is 0.161. The van der Waals surface area contributed by atoms with Gasteiger partial charge in [0, 0.05) is 51.6 Å². The number of ether oxygens (including phenoxy) is 3. The van der Waals surface area contributed by atoms with Crippen LogP contribution in [0.3, 0.4) is 0 Å². The Morgan fingerprint density at radius 1 is 0.842 bits per heavy atom. The summed E-state index contributed by atoms with van der Waals surface area (Å²) < 4.78 is 15.9. The van der Waals surface area contributed by atoms with Crippen molar-refractivity contribution in [3.8, 4) is 0 Å². The van der Waals surface area contributed by atoms with Crippen molar-refractivity contribution >= 4 is 6.09 Å². The van der Waals surface area contributed by atoms with E-state index in [1.54, 1.807) is 14.2 Å². The summed E-state index contributed by atoms with van der Waals surface area (Å²) in [5, 5.41) is 3.63. The molecule has 3 rings (SSSR count). The molecule has 6 nitrogen and oxygen atoms in total. The molecule has 2 saturated carbocycles. The van der Waals surface area contributed by atoms with E-state index >= 15 is 0 Å². The molecule has 1 N–H and O–H groups in total. The number of carbonyl (C=O) groups excluding carboxylic acids is 1. The van der Waals surface area contributed by atoms with Crippen LogP contribution in [0.25, 0.3) is 0 Å². The first-order chi connectivity index (χ1) is 18.3. The number of nitrogens with one attached hydrogen (secondary N) is 1. The zero-order valence-corrected chi connectivity index (χ0v) is 25.1. The lowest BCUT2D eigenvalue weighted by Gasteiger charge is -2.38. The second-order valence-electron chi connectivity index (χ2n) is 11.8. The zero-order valence-electron chi connectivity index (χ0n) is 25.1. The Hall–Kier alpha value is -1.63. The maximum absolute atomic E-state index is 12.6. The number of amides is 1. The van der Waals surface area contributed by atoms with Gasteiger partial charge in [0.1, 0.15) is 6.61 Å². The van der Waals surface area contributed by atoms with E-state index in [-0.39, 0.29) is 12.1 Å². The Morgan fingerprint density at radius 3 is 1.84 bits per heavy atom. The molecule has 0 aromatic heterocycles. The normalized spacial score (nSPS) is 23.6. The monoisotopic (exact) mass is 532 g/mol. The van der Waals surface area contributed by atoms with Crippen molar-refractivity contribution in [2.24, 2.45) is 11.8 Å². The molecule has 6 heteroatoms. The minimum atomic E-state index is -0.186. The van der Waals surface area contributed by atoms with Gasteiger partial charge in [0.2, 0.25) is 0 Å². The van der Waals surface area contributed by atoms with Crippen molar-refractivity contribution in [1.82, 2.24) is 10.2 Å². The molecule has 2 aliphatic rings. The van der Waals surface area contributed by atoms with Crippen LogP contribution in [0.4, 0.5) is 4.79 Å². The van der Waals surface area contributed by atoms with Crippen molar-refractivity contribution in [1.29, 1.82) is 0 Å². The van der Waals surface area contributed by atoms with Gasteiger partial charge in [-0.15, -0.1) is 0 Å². The van der Waals surface area contributed by atoms with Crippen LogP contribution in [-0.2, 0) is 20.8 Å². The number of benzene rings is 1. The molecular formula is C32H56N2O4. The summed E-state index contributed by atoms with van der Waals surface area (Å²) in [6.07, 6.45) is 12.1. The molecule has 0 heterocycles. The number of hydrogen-bond acceptors (Lipinski definition) is 5. The van der Waals surface area contributed by atoms with E-state index in [4.69, 9.17) is 14.2 Å². The molecule has 1 aromatic carbocycles. The van der Waals surface area contributed by atoms with Crippen molar-refractivity contribution in [2.75, 3.05) is 27.4 Å². The van der Waals surface area contributed by atoms with Gasteiger partial charge in [-0.3, -0.25) is 0 Å². The fourth-order valence-corrected chi connectivity index (χ4v) is 5.95. The zero-order chi connectivity index (χ0) is 27.8. The summed E-state index contributed by atoms with van der Waals surface area (Å²) in [6, 6.07) is 11.7. The number of hydrogen-bond donors (Lipinski definition) is 1. The summed E-state index contributed by atoms with van der Waals surface area (Å²) >= 11 is 0. The van der Waals surface area contributed by atoms with Crippen LogP contribution in [0.5, 0.6) is 0 Å². The number of rotatable bonds is 12. The molecule has 1 aromatic rings. The second-order valence-corrected chi connectivity index (χ2v) is 11.8. The maximum atomic E-state index is 12.6. The van der Waals surface area contributed by atoms with Crippen LogP contribution in [0.1, 0.15) is 97.5 Å². The maximum Gasteiger partial charge on any atom is 0.410 e. The third-order valence-electron chi connectivity index (χ3n) is 8.06. The quantitative estimate of drug-likeness (QED) is 0.308. The minimum Gasteiger partial charge on any atom is -0.445 e. The summed E-state index contributed by atoms with van der Waals surface area (Å²) in [4.78, 5) is 14.5. The third kappa shape index (κ3) is 12.5. The number of carbonyl (C=O) groups is 1. The van der Waals surface area contributed by atoms with E-state index in [0.29, 0.717) is 18.7 Å². The van der Waals surface area contributed by atoms with Gasteiger partial charge in [0.25, 0.3) is 0 Å². The predicted octanol–water partition coefficient (Wildman–Crippen LogP) is 7.21. The summed E-state index contributed by atoms with van der Waals surface area (Å²) in [7, 11) is 3.56. The van der Waals surface area contributed by atoms with Crippen LogP contribution >= 0.6 is 0 Å². The van der Waals surface area contributed by atoms with Crippen LogP contribution in [-0.4, -0.2) is 62.6 Å². The number of methoxy groups -OCH3 is 2. The van der Waals surface area contributed by atoms with Crippen LogP contribution in [0.15, 0.2) is 30.3 Å². The molecule has 2 aliphatic carbocycles. The van der Waals surface area contributed by atoms with E-state index in [0.717, 1.165) is 55.9 Å². The third-order valence-corrected chi connectivity index (χ3v) is 8.06. The molecule has 0 spiro atoms. The van der Waals surface area contributed by atoms with Gasteiger partial charge in [-0.25, -0.2) is 4.79 Å². The molecule has 38 heavy (non-hydrogen) atoms. The van der Waals surface area contributed by atoms with Gasteiger partial charge in [0.15, 0.2) is 0 Å². The molecule has 218 valence electrons. The van der Waals surface area contributed by atoms with E-state index in [9.17, 15) is 4.79 Å². The Bertz CT molecular complexity index is 726. The van der Waals surface area contributed by atoms with Crippen molar-refractivity contribution in [3.05, 3.63) is 35.9 Å². The standard InChI is InChI=1S/C20H31NO3.C12H25NO/c1-16(2)21(19-11-9-17(10-12-19)13-14-23-3)20(22)24-15-18-7-5-4-6-8-18;1-10(2)13-12-6-4-11(5-7-12)8-9-14-3/h4-8,16-17,19H,9-15H2,1-3H3;10-13H,4-9H2,1-3H3. The topological polar surface area (TPSA) is 60.0 Å². The lowest BCUT2D eigenvalue weighted by Crippen LogP contribution is -2.46. The largest absolute Gasteiger partial charge is 0.445 e. The van der Waals surface area contributed by atoms with E-state index < -0.39 is 0 Å². The first-order valence-electron chi connectivity index (χ1n) is 15.1. The number of nitrogens with zero attached hydrogens (tertiary/aromatic N) is 1. The first-order valence-corrected chi connectivity index (χ1v) is 15.1. The van der Waals surface area contributed by atoms with Crippen LogP contribution in [0.2, 0.25) is 0 Å². The first kappa shape index (κ1) is 32.6. The van der Waals surface area contributed by atoms with Gasteiger partial charge in [0.05, 0.1) is 0 Å². The molecule has 0 atom stereocenters. The Kier molecular flexibility index (Phi) is 16.0. The van der Waals surface area contributed by atoms with Crippen molar-refractivity contribution in [3.63, 3.8) is 0 Å². The fourth-order valence-electron chi connectivity index (χ4n) is 5.95. The predicted molar refractivity (Wildman–Crippen MR) is 156 cm³/mol. The van der Waals surface area contributed by atoms with E-state index in [1.807, 2.05) is 35.2 Å². The molecule has 0 unspecified atom stereocenters. The molecule has 0 radical (unpaired) electrons. The van der Waals surface area contributed by atoms with Crippen LogP contribution in [0, 0.1) is 11.8 Å². The van der Waals surface area contributed by atoms with Crippen LogP contribution < -0.4 is 5.32 Å². The average Bonchev–Trinajstić information content (AvgIpc) is 2.91. The van der Waals surface area contributed by atoms with Gasteiger partial charge in [-0.2, -0.15) is 0 Å². The fraction of sp³-hybridized carbons (Fsp3) is 0.781. The molecule has 0 aliphatic heterocycles. The Labute approximate surface area is 233 Å². The summed E-state index contributed by atoms with van der Waals surface area (Å²) in [6.45, 7) is 10.7.